The Balaban J connectivity index is -0.0000000910. The van der Waals surface area contributed by atoms with Gasteiger partial charge < -0.3 is 5.11 Å². The summed E-state index contributed by atoms with van der Waals surface area (Å²) in [4.78, 5) is 9.00. The van der Waals surface area contributed by atoms with E-state index in [0.717, 1.165) is 6.92 Å². The van der Waals surface area contributed by atoms with Crippen LogP contribution in [0.3, 0.4) is 0 Å². The van der Waals surface area contributed by atoms with E-state index < -0.39 is 16.4 Å². The Hall–Kier alpha value is 0.340. The first-order valence-electron chi connectivity index (χ1n) is 1.63. The molecule has 0 aromatic rings. The first-order valence-corrected chi connectivity index (χ1v) is 3.02. The molecule has 0 aliphatic rings. The molecule has 0 bridgehead atoms. The van der Waals surface area contributed by atoms with Crippen LogP contribution in [0.25, 0.3) is 0 Å². The van der Waals surface area contributed by atoms with Crippen molar-refractivity contribution in [2.45, 2.75) is 6.92 Å². The van der Waals surface area contributed by atoms with Gasteiger partial charge in [0.2, 0.25) is 0 Å². The van der Waals surface area contributed by atoms with E-state index in [9.17, 15) is 0 Å². The fourth-order valence-corrected chi connectivity index (χ4v) is 0. The molecule has 0 aliphatic carbocycles. The summed E-state index contributed by atoms with van der Waals surface area (Å²) in [6, 6.07) is 0. The summed E-state index contributed by atoms with van der Waals surface area (Å²) in [6.07, 6.45) is 0. The van der Waals surface area contributed by atoms with Gasteiger partial charge in [-0.3, -0.25) is 13.9 Å². The van der Waals surface area contributed by atoms with E-state index in [1.165, 1.54) is 0 Å². The quantitative estimate of drug-likeness (QED) is 0.320. The van der Waals surface area contributed by atoms with Crippen molar-refractivity contribution in [2.75, 3.05) is 0 Å². The third-order valence-electron chi connectivity index (χ3n) is 0. The van der Waals surface area contributed by atoms with Crippen LogP contribution in [-0.2, 0) is 15.2 Å². The second-order valence-electron chi connectivity index (χ2n) is 0.967. The van der Waals surface area contributed by atoms with Gasteiger partial charge in [0.15, 0.2) is 0 Å². The Morgan fingerprint density at radius 3 is 1.30 bits per heavy atom. The minimum absolute atomic E-state index is 0. The molecule has 0 unspecified atom stereocenters. The predicted octanol–water partition coefficient (Wildman–Crippen LogP) is -1.21. The molecule has 0 aromatic carbocycles. The van der Waals surface area contributed by atoms with Gasteiger partial charge in [0.05, 0.1) is 0 Å². The van der Waals surface area contributed by atoms with Crippen LogP contribution in [0.15, 0.2) is 0 Å². The maximum absolute atomic E-state index is 9.00. The van der Waals surface area contributed by atoms with E-state index in [1.807, 2.05) is 0 Å². The number of carboxylic acid groups (broad SMARTS) is 1. The molecule has 8 heteroatoms. The van der Waals surface area contributed by atoms with Gasteiger partial charge in [0, 0.05) is 6.92 Å². The summed E-state index contributed by atoms with van der Waals surface area (Å²) in [5, 5.41) is 7.42. The zero-order valence-electron chi connectivity index (χ0n) is 4.47. The third kappa shape index (κ3) is 3890. The summed E-state index contributed by atoms with van der Waals surface area (Å²) in [5.74, 6) is -0.833. The molecule has 0 amide bonds. The van der Waals surface area contributed by atoms with Gasteiger partial charge in [0.1, 0.15) is 0 Å². The molecule has 0 spiro atoms. The van der Waals surface area contributed by atoms with Gasteiger partial charge >= 0.3 is 40.0 Å². The van der Waals surface area contributed by atoms with Crippen molar-refractivity contribution in [2.24, 2.45) is 0 Å². The van der Waals surface area contributed by atoms with Crippen LogP contribution in [0.1, 0.15) is 6.92 Å². The Kier molecular flexibility index (Phi) is 12.5. The number of hydrogen-bond donors (Lipinski definition) is 3. The van der Waals surface area contributed by atoms with Gasteiger partial charge in [-0.05, 0) is 0 Å². The number of hydrogen-bond acceptors (Lipinski definition) is 3. The molecule has 0 fully saturated rings. The average molecular weight is 182 g/mol. The maximum atomic E-state index is 9.00. The molecule has 58 valence electrons. The van der Waals surface area contributed by atoms with E-state index in [2.05, 4.69) is 0 Å². The molecule has 0 aliphatic heterocycles. The molecule has 0 saturated heterocycles. The van der Waals surface area contributed by atoms with Gasteiger partial charge in [-0.2, -0.15) is 8.42 Å². The van der Waals surface area contributed by atoms with E-state index >= 15 is 0 Å². The number of aliphatic carboxylic acids is 1. The van der Waals surface area contributed by atoms with E-state index in [0.29, 0.717) is 0 Å². The Morgan fingerprint density at radius 2 is 1.30 bits per heavy atom. The number of carboxylic acids is 1. The predicted molar refractivity (Wildman–Crippen MR) is 34.6 cm³/mol. The molecule has 0 saturated carbocycles. The van der Waals surface area contributed by atoms with Crippen molar-refractivity contribution in [3.8, 4) is 0 Å². The fraction of sp³-hybridized carbons (Fsp3) is 0.500. The van der Waals surface area contributed by atoms with Gasteiger partial charge in [0.25, 0.3) is 5.97 Å². The Bertz CT molecular complexity index is 158. The molecule has 0 aromatic heterocycles. The molecule has 0 rings (SSSR count). The minimum atomic E-state index is -4.67. The van der Waals surface area contributed by atoms with Crippen molar-refractivity contribution in [1.29, 1.82) is 0 Å². The Labute approximate surface area is 80.1 Å². The molecule has 3 N–H and O–H groups in total. The monoisotopic (exact) mass is 182 g/mol. The first kappa shape index (κ1) is 16.7. The average Bonchev–Trinajstić information content (AvgIpc) is 1.19. The van der Waals surface area contributed by atoms with Gasteiger partial charge in [-0.25, -0.2) is 0 Å². The summed E-state index contributed by atoms with van der Waals surface area (Å²) < 4.78 is 31.6. The number of carbonyl (C=O) groups is 1. The molecule has 0 heterocycles. The Morgan fingerprint density at radius 1 is 1.30 bits per heavy atom. The van der Waals surface area contributed by atoms with Crippen molar-refractivity contribution in [3.63, 3.8) is 0 Å². The summed E-state index contributed by atoms with van der Waals surface area (Å²) in [5.41, 5.74) is 0. The first-order chi connectivity index (χ1) is 3.73. The fourth-order valence-electron chi connectivity index (χ4n) is 0. The second kappa shape index (κ2) is 7.45. The van der Waals surface area contributed by atoms with Gasteiger partial charge in [-0.15, -0.1) is 0 Å². The van der Waals surface area contributed by atoms with Crippen molar-refractivity contribution in [1.82, 2.24) is 0 Å². The second-order valence-corrected chi connectivity index (χ2v) is 1.86. The van der Waals surface area contributed by atoms with Crippen molar-refractivity contribution < 1.29 is 27.4 Å². The molecule has 0 atom stereocenters. The van der Waals surface area contributed by atoms with E-state index in [1.54, 1.807) is 0 Å². The summed E-state index contributed by atoms with van der Waals surface area (Å²) in [6.45, 7) is 1.08. The van der Waals surface area contributed by atoms with Crippen molar-refractivity contribution in [3.05, 3.63) is 0 Å². The standard InChI is InChI=1S/C2H4O2.Na.H2O4S.H/c1-2(3)4;;1-5(2,3)4;/h1H3,(H,3,4);;(H2,1,2,3,4);. The van der Waals surface area contributed by atoms with Crippen LogP contribution in [-0.4, -0.2) is 58.2 Å². The van der Waals surface area contributed by atoms with Crippen LogP contribution >= 0.6 is 0 Å². The van der Waals surface area contributed by atoms with Crippen LogP contribution in [0, 0.1) is 0 Å². The number of rotatable bonds is 0. The summed E-state index contributed by atoms with van der Waals surface area (Å²) in [7, 11) is -4.67. The van der Waals surface area contributed by atoms with Gasteiger partial charge in [-0.1, -0.05) is 0 Å². The molecule has 0 radical (unpaired) electrons. The van der Waals surface area contributed by atoms with Crippen LogP contribution in [0.4, 0.5) is 0 Å². The van der Waals surface area contributed by atoms with Crippen LogP contribution in [0.2, 0.25) is 0 Å². The third-order valence-corrected chi connectivity index (χ3v) is 0. The van der Waals surface area contributed by atoms with E-state index in [4.69, 9.17) is 27.4 Å². The normalized spacial score (nSPS) is 8.30. The van der Waals surface area contributed by atoms with Crippen molar-refractivity contribution >= 4 is 45.9 Å². The molecular weight excluding hydrogens is 175 g/mol. The van der Waals surface area contributed by atoms with Crippen LogP contribution < -0.4 is 0 Å². The molecular formula is C2H7NaO6S. The zero-order chi connectivity index (χ0) is 8.08. The van der Waals surface area contributed by atoms with E-state index in [-0.39, 0.29) is 29.6 Å². The topological polar surface area (TPSA) is 112 Å². The van der Waals surface area contributed by atoms with Crippen LogP contribution in [0.5, 0.6) is 0 Å². The SMILES string of the molecule is CC(=O)O.O=S(=O)(O)O.[NaH]. The zero-order valence-corrected chi connectivity index (χ0v) is 5.29. The molecule has 6 nitrogen and oxygen atoms in total. The molecule has 10 heavy (non-hydrogen) atoms. The summed E-state index contributed by atoms with van der Waals surface area (Å²) >= 11 is 0.